The van der Waals surface area contributed by atoms with E-state index in [2.05, 4.69) is 26.2 Å². The summed E-state index contributed by atoms with van der Waals surface area (Å²) < 4.78 is 7.54. The Balaban J connectivity index is 1.65. The van der Waals surface area contributed by atoms with Crippen LogP contribution >= 0.6 is 27.3 Å². The normalized spacial score (nSPS) is 11.1. The number of anilines is 1. The number of carbonyl (C=O) groups is 1. The van der Waals surface area contributed by atoms with Gasteiger partial charge in [-0.2, -0.15) is 0 Å². The summed E-state index contributed by atoms with van der Waals surface area (Å²) in [5, 5.41) is 4.24. The van der Waals surface area contributed by atoms with E-state index in [1.807, 2.05) is 42.5 Å². The van der Waals surface area contributed by atoms with E-state index in [0.717, 1.165) is 20.1 Å². The van der Waals surface area contributed by atoms with Gasteiger partial charge >= 0.3 is 0 Å². The number of fused-ring (bicyclic) bond motifs is 2. The molecule has 4 aromatic rings. The number of carbonyl (C=O) groups excluding carboxylic acids is 1. The Kier molecular flexibility index (Phi) is 3.20. The number of nitrogens with zero attached hydrogens (tertiary/aromatic N) is 1. The van der Waals surface area contributed by atoms with Crippen molar-refractivity contribution in [3.05, 3.63) is 58.8 Å². The van der Waals surface area contributed by atoms with Gasteiger partial charge in [-0.25, -0.2) is 4.98 Å². The lowest BCUT2D eigenvalue weighted by atomic mass is 10.2. The highest BCUT2D eigenvalue weighted by atomic mass is 79.9. The molecule has 1 amide bonds. The van der Waals surface area contributed by atoms with Gasteiger partial charge in [0.25, 0.3) is 5.91 Å². The number of hydrogen-bond acceptors (Lipinski definition) is 4. The SMILES string of the molecule is O=C(Nc1nc2ccccc2s1)c1cc2ccc(Br)cc2o1. The summed E-state index contributed by atoms with van der Waals surface area (Å²) in [6, 6.07) is 15.1. The fraction of sp³-hybridized carbons (Fsp3) is 0. The minimum Gasteiger partial charge on any atom is -0.451 e. The molecule has 4 nitrogen and oxygen atoms in total. The predicted octanol–water partition coefficient (Wildman–Crippen LogP) is 5.06. The van der Waals surface area contributed by atoms with Crippen molar-refractivity contribution >= 4 is 59.5 Å². The van der Waals surface area contributed by atoms with Crippen LogP contribution in [0.3, 0.4) is 0 Å². The molecular formula is C16H9BrN2O2S. The van der Waals surface area contributed by atoms with Gasteiger partial charge in [-0.3, -0.25) is 10.1 Å². The lowest BCUT2D eigenvalue weighted by Crippen LogP contribution is -2.10. The second-order valence-electron chi connectivity index (χ2n) is 4.73. The van der Waals surface area contributed by atoms with Crippen LogP contribution in [-0.4, -0.2) is 10.9 Å². The summed E-state index contributed by atoms with van der Waals surface area (Å²) in [5.74, 6) is -0.0289. The first-order chi connectivity index (χ1) is 10.7. The van der Waals surface area contributed by atoms with Crippen LogP contribution in [0.2, 0.25) is 0 Å². The van der Waals surface area contributed by atoms with E-state index >= 15 is 0 Å². The van der Waals surface area contributed by atoms with E-state index in [0.29, 0.717) is 10.7 Å². The van der Waals surface area contributed by atoms with Crippen molar-refractivity contribution < 1.29 is 9.21 Å². The third kappa shape index (κ3) is 2.40. The van der Waals surface area contributed by atoms with Gasteiger partial charge in [0, 0.05) is 9.86 Å². The highest BCUT2D eigenvalue weighted by molar-refractivity contribution is 9.10. The van der Waals surface area contributed by atoms with Crippen LogP contribution in [0.4, 0.5) is 5.13 Å². The molecule has 0 aliphatic carbocycles. The number of nitrogens with one attached hydrogen (secondary N) is 1. The maximum atomic E-state index is 12.3. The molecule has 0 aliphatic heterocycles. The molecule has 1 N–H and O–H groups in total. The van der Waals surface area contributed by atoms with E-state index in [-0.39, 0.29) is 11.7 Å². The third-order valence-electron chi connectivity index (χ3n) is 3.22. The molecule has 0 saturated heterocycles. The number of para-hydroxylation sites is 1. The Morgan fingerprint density at radius 2 is 2.05 bits per heavy atom. The van der Waals surface area contributed by atoms with Gasteiger partial charge in [-0.05, 0) is 36.4 Å². The molecule has 0 atom stereocenters. The first-order valence-electron chi connectivity index (χ1n) is 6.55. The summed E-state index contributed by atoms with van der Waals surface area (Å²) in [7, 11) is 0. The summed E-state index contributed by atoms with van der Waals surface area (Å²) >= 11 is 4.82. The Bertz CT molecular complexity index is 973. The minimum atomic E-state index is -0.300. The zero-order chi connectivity index (χ0) is 15.1. The Labute approximate surface area is 137 Å². The molecule has 108 valence electrons. The Morgan fingerprint density at radius 1 is 1.18 bits per heavy atom. The lowest BCUT2D eigenvalue weighted by molar-refractivity contribution is 0.0998. The van der Waals surface area contributed by atoms with Crippen LogP contribution in [0, 0.1) is 0 Å². The van der Waals surface area contributed by atoms with Gasteiger partial charge in [-0.15, -0.1) is 0 Å². The number of hydrogen-bond donors (Lipinski definition) is 1. The molecule has 2 aromatic heterocycles. The first kappa shape index (κ1) is 13.5. The summed E-state index contributed by atoms with van der Waals surface area (Å²) in [6.45, 7) is 0. The van der Waals surface area contributed by atoms with E-state index in [1.165, 1.54) is 11.3 Å². The Morgan fingerprint density at radius 3 is 2.91 bits per heavy atom. The topological polar surface area (TPSA) is 55.1 Å². The van der Waals surface area contributed by atoms with Crippen LogP contribution in [0.1, 0.15) is 10.6 Å². The van der Waals surface area contributed by atoms with Gasteiger partial charge in [0.15, 0.2) is 10.9 Å². The van der Waals surface area contributed by atoms with Gasteiger partial charge in [0.2, 0.25) is 0 Å². The molecule has 0 radical (unpaired) electrons. The maximum Gasteiger partial charge on any atom is 0.293 e. The first-order valence-corrected chi connectivity index (χ1v) is 8.16. The quantitative estimate of drug-likeness (QED) is 0.535. The number of benzene rings is 2. The average Bonchev–Trinajstić information content (AvgIpc) is 3.09. The van der Waals surface area contributed by atoms with Crippen molar-refractivity contribution in [2.75, 3.05) is 5.32 Å². The highest BCUT2D eigenvalue weighted by Crippen LogP contribution is 2.27. The van der Waals surface area contributed by atoms with E-state index in [4.69, 9.17) is 4.42 Å². The number of thiazole rings is 1. The minimum absolute atomic E-state index is 0.271. The number of aromatic nitrogens is 1. The second kappa shape index (κ2) is 5.23. The molecular weight excluding hydrogens is 364 g/mol. The van der Waals surface area contributed by atoms with Crippen LogP contribution in [0.5, 0.6) is 0 Å². The molecule has 4 rings (SSSR count). The zero-order valence-corrected chi connectivity index (χ0v) is 13.6. The number of halogens is 1. The largest absolute Gasteiger partial charge is 0.451 e. The Hall–Kier alpha value is -2.18. The molecule has 0 saturated carbocycles. The predicted molar refractivity (Wildman–Crippen MR) is 91.5 cm³/mol. The molecule has 2 heterocycles. The zero-order valence-electron chi connectivity index (χ0n) is 11.2. The van der Waals surface area contributed by atoms with Crippen LogP contribution in [0.15, 0.2) is 57.4 Å². The van der Waals surface area contributed by atoms with Gasteiger partial charge in [0.05, 0.1) is 10.2 Å². The number of furan rings is 1. The summed E-state index contributed by atoms with van der Waals surface area (Å²) in [6.07, 6.45) is 0. The van der Waals surface area contributed by atoms with E-state index < -0.39 is 0 Å². The standard InChI is InChI=1S/C16H9BrN2O2S/c17-10-6-5-9-7-13(21-12(9)8-10)15(20)19-16-18-11-3-1-2-4-14(11)22-16/h1-8H,(H,18,19,20). The van der Waals surface area contributed by atoms with Gasteiger partial charge in [0.1, 0.15) is 5.58 Å². The van der Waals surface area contributed by atoms with Crippen molar-refractivity contribution in [3.63, 3.8) is 0 Å². The summed E-state index contributed by atoms with van der Waals surface area (Å²) in [5.41, 5.74) is 1.54. The van der Waals surface area contributed by atoms with E-state index in [1.54, 1.807) is 6.07 Å². The second-order valence-corrected chi connectivity index (χ2v) is 6.68. The lowest BCUT2D eigenvalue weighted by Gasteiger charge is -1.96. The molecule has 6 heteroatoms. The van der Waals surface area contributed by atoms with Crippen LogP contribution < -0.4 is 5.32 Å². The molecule has 0 unspecified atom stereocenters. The molecule has 0 bridgehead atoms. The fourth-order valence-electron chi connectivity index (χ4n) is 2.20. The number of rotatable bonds is 2. The fourth-order valence-corrected chi connectivity index (χ4v) is 3.40. The third-order valence-corrected chi connectivity index (χ3v) is 4.67. The average molecular weight is 373 g/mol. The molecule has 22 heavy (non-hydrogen) atoms. The van der Waals surface area contributed by atoms with Gasteiger partial charge < -0.3 is 4.42 Å². The molecule has 0 fully saturated rings. The maximum absolute atomic E-state index is 12.3. The van der Waals surface area contributed by atoms with Crippen molar-refractivity contribution in [3.8, 4) is 0 Å². The van der Waals surface area contributed by atoms with Crippen LogP contribution in [-0.2, 0) is 0 Å². The molecule has 2 aromatic carbocycles. The van der Waals surface area contributed by atoms with E-state index in [9.17, 15) is 4.79 Å². The smallest absolute Gasteiger partial charge is 0.293 e. The monoisotopic (exact) mass is 372 g/mol. The van der Waals surface area contributed by atoms with Gasteiger partial charge in [-0.1, -0.05) is 39.4 Å². The van der Waals surface area contributed by atoms with Crippen molar-refractivity contribution in [1.29, 1.82) is 0 Å². The molecule has 0 spiro atoms. The highest BCUT2D eigenvalue weighted by Gasteiger charge is 2.14. The molecule has 0 aliphatic rings. The van der Waals surface area contributed by atoms with Crippen molar-refractivity contribution in [2.24, 2.45) is 0 Å². The number of amides is 1. The summed E-state index contributed by atoms with van der Waals surface area (Å²) in [4.78, 5) is 16.7. The van der Waals surface area contributed by atoms with Crippen LogP contribution in [0.25, 0.3) is 21.2 Å². The van der Waals surface area contributed by atoms with Crippen molar-refractivity contribution in [1.82, 2.24) is 4.98 Å². The van der Waals surface area contributed by atoms with Crippen molar-refractivity contribution in [2.45, 2.75) is 0 Å².